The van der Waals surface area contributed by atoms with Crippen LogP contribution in [0.4, 0.5) is 19.0 Å². The molecular formula is C12H10F3N3O. The van der Waals surface area contributed by atoms with Gasteiger partial charge in [0.1, 0.15) is 0 Å². The molecule has 1 amide bonds. The Bertz CT molecular complexity index is 643. The third kappa shape index (κ3) is 2.75. The Kier molecular flexibility index (Phi) is 3.28. The molecule has 0 saturated heterocycles. The van der Waals surface area contributed by atoms with Crippen molar-refractivity contribution in [2.75, 3.05) is 5.32 Å². The minimum absolute atomic E-state index is 0.201. The van der Waals surface area contributed by atoms with Gasteiger partial charge in [0.2, 0.25) is 5.91 Å². The number of amides is 1. The summed E-state index contributed by atoms with van der Waals surface area (Å²) < 4.78 is 37.6. The van der Waals surface area contributed by atoms with E-state index in [1.54, 1.807) is 13.0 Å². The highest BCUT2D eigenvalue weighted by Gasteiger charge is 2.30. The molecule has 0 aliphatic heterocycles. The number of halogens is 3. The van der Waals surface area contributed by atoms with Gasteiger partial charge in [0.05, 0.1) is 11.1 Å². The number of rotatable bonds is 2. The number of allylic oxidation sites excluding steroid dienone is 1. The molecule has 19 heavy (non-hydrogen) atoms. The van der Waals surface area contributed by atoms with Crippen LogP contribution in [-0.4, -0.2) is 16.1 Å². The predicted octanol–water partition coefficient (Wildman–Crippen LogP) is 3.10. The van der Waals surface area contributed by atoms with Gasteiger partial charge in [0, 0.05) is 5.39 Å². The third-order valence-corrected chi connectivity index (χ3v) is 2.45. The van der Waals surface area contributed by atoms with E-state index in [9.17, 15) is 18.0 Å². The molecule has 0 aliphatic rings. The van der Waals surface area contributed by atoms with Crippen LogP contribution in [0.5, 0.6) is 0 Å². The minimum Gasteiger partial charge on any atom is -0.305 e. The Morgan fingerprint density at radius 2 is 2.16 bits per heavy atom. The summed E-state index contributed by atoms with van der Waals surface area (Å²) in [5.41, 5.74) is -0.555. The fourth-order valence-electron chi connectivity index (χ4n) is 1.60. The number of aromatic amines is 1. The number of hydrogen-bond acceptors (Lipinski definition) is 2. The number of H-pyrrole nitrogens is 1. The van der Waals surface area contributed by atoms with Crippen molar-refractivity contribution in [1.82, 2.24) is 10.2 Å². The monoisotopic (exact) mass is 269 g/mol. The average molecular weight is 269 g/mol. The van der Waals surface area contributed by atoms with Crippen LogP contribution >= 0.6 is 0 Å². The van der Waals surface area contributed by atoms with Crippen LogP contribution in [0.2, 0.25) is 0 Å². The SMILES string of the molecule is C/C=C\C(=O)Nc1n[nH]c2cc(C(F)(F)F)ccc12. The lowest BCUT2D eigenvalue weighted by Crippen LogP contribution is -2.08. The smallest absolute Gasteiger partial charge is 0.305 e. The Morgan fingerprint density at radius 1 is 1.42 bits per heavy atom. The van der Waals surface area contributed by atoms with Crippen LogP contribution < -0.4 is 5.32 Å². The molecule has 0 aliphatic carbocycles. The molecule has 0 radical (unpaired) electrons. The first-order chi connectivity index (χ1) is 8.91. The summed E-state index contributed by atoms with van der Waals surface area (Å²) in [6.07, 6.45) is -1.57. The van der Waals surface area contributed by atoms with E-state index in [0.717, 1.165) is 12.1 Å². The molecule has 2 aromatic rings. The van der Waals surface area contributed by atoms with Gasteiger partial charge < -0.3 is 5.32 Å². The van der Waals surface area contributed by atoms with Crippen molar-refractivity contribution in [1.29, 1.82) is 0 Å². The van der Waals surface area contributed by atoms with Crippen molar-refractivity contribution in [2.24, 2.45) is 0 Å². The molecule has 0 atom stereocenters. The van der Waals surface area contributed by atoms with Crippen LogP contribution in [0, 0.1) is 0 Å². The van der Waals surface area contributed by atoms with Crippen LogP contribution in [-0.2, 0) is 11.0 Å². The lowest BCUT2D eigenvalue weighted by molar-refractivity contribution is -0.137. The molecule has 0 spiro atoms. The fourth-order valence-corrected chi connectivity index (χ4v) is 1.60. The number of nitrogens with one attached hydrogen (secondary N) is 2. The van der Waals surface area contributed by atoms with E-state index in [1.165, 1.54) is 12.1 Å². The van der Waals surface area contributed by atoms with Crippen molar-refractivity contribution >= 4 is 22.6 Å². The Labute approximate surface area is 106 Å². The number of anilines is 1. The van der Waals surface area contributed by atoms with E-state index < -0.39 is 17.6 Å². The molecule has 4 nitrogen and oxygen atoms in total. The zero-order valence-corrected chi connectivity index (χ0v) is 9.88. The second kappa shape index (κ2) is 4.75. The molecule has 2 rings (SSSR count). The van der Waals surface area contributed by atoms with Crippen LogP contribution in [0.3, 0.4) is 0 Å². The van der Waals surface area contributed by atoms with E-state index in [0.29, 0.717) is 5.39 Å². The van der Waals surface area contributed by atoms with Crippen molar-refractivity contribution in [3.63, 3.8) is 0 Å². The number of hydrogen-bond donors (Lipinski definition) is 2. The topological polar surface area (TPSA) is 57.8 Å². The first kappa shape index (κ1) is 13.1. The number of carbonyl (C=O) groups excluding carboxylic acids is 1. The van der Waals surface area contributed by atoms with Gasteiger partial charge in [-0.05, 0) is 31.2 Å². The van der Waals surface area contributed by atoms with E-state index in [4.69, 9.17) is 0 Å². The number of nitrogens with zero attached hydrogens (tertiary/aromatic N) is 1. The molecular weight excluding hydrogens is 259 g/mol. The molecule has 1 aromatic heterocycles. The third-order valence-electron chi connectivity index (χ3n) is 2.45. The normalized spacial score (nSPS) is 12.2. The molecule has 7 heteroatoms. The highest BCUT2D eigenvalue weighted by molar-refractivity contribution is 6.04. The second-order valence-corrected chi connectivity index (χ2v) is 3.82. The minimum atomic E-state index is -4.41. The fraction of sp³-hybridized carbons (Fsp3) is 0.167. The molecule has 1 heterocycles. The van der Waals surface area contributed by atoms with E-state index in [2.05, 4.69) is 15.5 Å². The molecule has 100 valence electrons. The summed E-state index contributed by atoms with van der Waals surface area (Å²) in [4.78, 5) is 11.3. The summed E-state index contributed by atoms with van der Waals surface area (Å²) in [5, 5.41) is 9.14. The summed E-state index contributed by atoms with van der Waals surface area (Å²) in [6.45, 7) is 1.68. The predicted molar refractivity (Wildman–Crippen MR) is 64.5 cm³/mol. The maximum Gasteiger partial charge on any atom is 0.416 e. The molecule has 1 aromatic carbocycles. The molecule has 0 fully saturated rings. The van der Waals surface area contributed by atoms with Crippen LogP contribution in [0.25, 0.3) is 10.9 Å². The first-order valence-corrected chi connectivity index (χ1v) is 5.41. The average Bonchev–Trinajstić information content (AvgIpc) is 2.71. The first-order valence-electron chi connectivity index (χ1n) is 5.41. The van der Waals surface area contributed by atoms with E-state index in [-0.39, 0.29) is 11.3 Å². The van der Waals surface area contributed by atoms with Gasteiger partial charge in [0.25, 0.3) is 0 Å². The summed E-state index contributed by atoms with van der Waals surface area (Å²) in [7, 11) is 0. The Morgan fingerprint density at radius 3 is 2.79 bits per heavy atom. The van der Waals surface area contributed by atoms with Crippen LogP contribution in [0.1, 0.15) is 12.5 Å². The van der Waals surface area contributed by atoms with E-state index >= 15 is 0 Å². The van der Waals surface area contributed by atoms with Gasteiger partial charge in [-0.2, -0.15) is 18.3 Å². The summed E-state index contributed by atoms with van der Waals surface area (Å²) >= 11 is 0. The Balaban J connectivity index is 2.37. The maximum absolute atomic E-state index is 12.5. The highest BCUT2D eigenvalue weighted by atomic mass is 19.4. The quantitative estimate of drug-likeness (QED) is 0.823. The van der Waals surface area contributed by atoms with Crippen molar-refractivity contribution < 1.29 is 18.0 Å². The second-order valence-electron chi connectivity index (χ2n) is 3.82. The highest BCUT2D eigenvalue weighted by Crippen LogP contribution is 2.32. The molecule has 2 N–H and O–H groups in total. The number of alkyl halides is 3. The van der Waals surface area contributed by atoms with Gasteiger partial charge in [-0.25, -0.2) is 0 Å². The molecule has 0 bridgehead atoms. The number of aromatic nitrogens is 2. The van der Waals surface area contributed by atoms with Gasteiger partial charge in [-0.1, -0.05) is 6.08 Å². The van der Waals surface area contributed by atoms with Gasteiger partial charge in [-0.15, -0.1) is 0 Å². The largest absolute Gasteiger partial charge is 0.416 e. The maximum atomic E-state index is 12.5. The Hall–Kier alpha value is -2.31. The summed E-state index contributed by atoms with van der Waals surface area (Å²) in [5.74, 6) is -0.192. The van der Waals surface area contributed by atoms with Crippen molar-refractivity contribution in [2.45, 2.75) is 13.1 Å². The van der Waals surface area contributed by atoms with Gasteiger partial charge in [0.15, 0.2) is 5.82 Å². The van der Waals surface area contributed by atoms with E-state index in [1.807, 2.05) is 0 Å². The molecule has 0 saturated carbocycles. The lowest BCUT2D eigenvalue weighted by Gasteiger charge is -2.05. The standard InChI is InChI=1S/C12H10F3N3O/c1-2-3-10(19)16-11-8-5-4-7(12(13,14)15)6-9(8)17-18-11/h2-6H,1H3,(H2,16,17,18,19)/b3-2-. The van der Waals surface area contributed by atoms with Crippen molar-refractivity contribution in [3.05, 3.63) is 35.9 Å². The number of fused-ring (bicyclic) bond motifs is 1. The molecule has 0 unspecified atom stereocenters. The van der Waals surface area contributed by atoms with Gasteiger partial charge in [-0.3, -0.25) is 9.89 Å². The van der Waals surface area contributed by atoms with Gasteiger partial charge >= 0.3 is 6.18 Å². The number of carbonyl (C=O) groups is 1. The number of benzene rings is 1. The van der Waals surface area contributed by atoms with Crippen molar-refractivity contribution in [3.8, 4) is 0 Å². The zero-order valence-electron chi connectivity index (χ0n) is 9.88. The zero-order chi connectivity index (χ0) is 14.0. The van der Waals surface area contributed by atoms with Crippen LogP contribution in [0.15, 0.2) is 30.4 Å². The summed E-state index contributed by atoms with van der Waals surface area (Å²) in [6, 6.07) is 3.17. The lowest BCUT2D eigenvalue weighted by atomic mass is 10.1.